The number of carbonyl (C=O) groups excluding carboxylic acids is 2. The van der Waals surface area contributed by atoms with Crippen molar-refractivity contribution in [3.05, 3.63) is 59.7 Å². The van der Waals surface area contributed by atoms with E-state index in [0.29, 0.717) is 12.1 Å². The van der Waals surface area contributed by atoms with Crippen molar-refractivity contribution < 1.29 is 19.5 Å². The summed E-state index contributed by atoms with van der Waals surface area (Å²) in [7, 11) is 0. The van der Waals surface area contributed by atoms with Gasteiger partial charge in [0.05, 0.1) is 22.5 Å². The summed E-state index contributed by atoms with van der Waals surface area (Å²) < 4.78 is 0. The quantitative estimate of drug-likeness (QED) is 0.748. The van der Waals surface area contributed by atoms with Gasteiger partial charge in [-0.15, -0.1) is 0 Å². The van der Waals surface area contributed by atoms with Crippen molar-refractivity contribution >= 4 is 29.2 Å². The first-order valence-corrected chi connectivity index (χ1v) is 7.91. The summed E-state index contributed by atoms with van der Waals surface area (Å²) in [4.78, 5) is 35.8. The number of para-hydroxylation sites is 2. The second kappa shape index (κ2) is 8.10. The predicted octanol–water partition coefficient (Wildman–Crippen LogP) is 3.62. The fourth-order valence-electron chi connectivity index (χ4n) is 2.33. The Labute approximate surface area is 145 Å². The zero-order valence-electron chi connectivity index (χ0n) is 14.1. The van der Waals surface area contributed by atoms with Crippen molar-refractivity contribution in [1.29, 1.82) is 0 Å². The largest absolute Gasteiger partial charge is 0.478 e. The third-order valence-electron chi connectivity index (χ3n) is 3.45. The molecule has 130 valence electrons. The predicted molar refractivity (Wildman–Crippen MR) is 95.9 cm³/mol. The smallest absolute Gasteiger partial charge is 0.337 e. The molecular weight excluding hydrogens is 320 g/mol. The monoisotopic (exact) mass is 340 g/mol. The summed E-state index contributed by atoms with van der Waals surface area (Å²) in [5, 5.41) is 14.5. The number of benzene rings is 2. The lowest BCUT2D eigenvalue weighted by Gasteiger charge is -2.13. The minimum Gasteiger partial charge on any atom is -0.478 e. The Morgan fingerprint density at radius 1 is 0.880 bits per heavy atom. The van der Waals surface area contributed by atoms with Gasteiger partial charge in [-0.3, -0.25) is 9.59 Å². The van der Waals surface area contributed by atoms with Gasteiger partial charge in [0.15, 0.2) is 0 Å². The van der Waals surface area contributed by atoms with Crippen LogP contribution in [-0.2, 0) is 4.79 Å². The Bertz CT molecular complexity index is 800. The zero-order chi connectivity index (χ0) is 18.4. The zero-order valence-corrected chi connectivity index (χ0v) is 14.1. The average molecular weight is 340 g/mol. The average Bonchev–Trinajstić information content (AvgIpc) is 2.54. The summed E-state index contributed by atoms with van der Waals surface area (Å²) in [6, 6.07) is 12.7. The van der Waals surface area contributed by atoms with Crippen LogP contribution in [0.2, 0.25) is 0 Å². The van der Waals surface area contributed by atoms with Crippen LogP contribution >= 0.6 is 0 Å². The molecule has 6 nitrogen and oxygen atoms in total. The number of hydrogen-bond donors (Lipinski definition) is 3. The standard InChI is InChI=1S/C19H20N2O4/c1-12(2)11-17(22)20-15-9-5-3-7-13(15)18(23)21-16-10-6-4-8-14(16)19(24)25/h3-10,12H,11H2,1-2H3,(H,20,22)(H,21,23)(H,24,25). The van der Waals surface area contributed by atoms with E-state index < -0.39 is 11.9 Å². The van der Waals surface area contributed by atoms with Crippen LogP contribution in [-0.4, -0.2) is 22.9 Å². The fraction of sp³-hybridized carbons (Fsp3) is 0.211. The molecule has 0 spiro atoms. The molecular formula is C19H20N2O4. The number of hydrogen-bond acceptors (Lipinski definition) is 3. The molecule has 2 rings (SSSR count). The Morgan fingerprint density at radius 3 is 1.96 bits per heavy atom. The molecule has 6 heteroatoms. The lowest BCUT2D eigenvalue weighted by atomic mass is 10.1. The van der Waals surface area contributed by atoms with Crippen LogP contribution in [0.4, 0.5) is 11.4 Å². The second-order valence-electron chi connectivity index (χ2n) is 6.00. The van der Waals surface area contributed by atoms with Gasteiger partial charge in [-0.05, 0) is 30.2 Å². The van der Waals surface area contributed by atoms with E-state index in [4.69, 9.17) is 0 Å². The minimum atomic E-state index is -1.13. The Balaban J connectivity index is 2.23. The Kier molecular flexibility index (Phi) is 5.89. The van der Waals surface area contributed by atoms with Crippen LogP contribution in [0.15, 0.2) is 48.5 Å². The normalized spacial score (nSPS) is 10.4. The van der Waals surface area contributed by atoms with Crippen molar-refractivity contribution in [3.8, 4) is 0 Å². The molecule has 2 amide bonds. The molecule has 0 bridgehead atoms. The maximum absolute atomic E-state index is 12.6. The molecule has 3 N–H and O–H groups in total. The first-order chi connectivity index (χ1) is 11.9. The SMILES string of the molecule is CC(C)CC(=O)Nc1ccccc1C(=O)Nc1ccccc1C(=O)O. The highest BCUT2D eigenvalue weighted by atomic mass is 16.4. The van der Waals surface area contributed by atoms with E-state index in [9.17, 15) is 19.5 Å². The van der Waals surface area contributed by atoms with E-state index in [1.165, 1.54) is 12.1 Å². The van der Waals surface area contributed by atoms with Gasteiger partial charge in [0.1, 0.15) is 0 Å². The first kappa shape index (κ1) is 18.2. The number of amides is 2. The third-order valence-corrected chi connectivity index (χ3v) is 3.45. The van der Waals surface area contributed by atoms with Gasteiger partial charge in [0.2, 0.25) is 5.91 Å². The molecule has 0 aromatic heterocycles. The number of anilines is 2. The van der Waals surface area contributed by atoms with E-state index in [1.54, 1.807) is 36.4 Å². The van der Waals surface area contributed by atoms with Gasteiger partial charge in [-0.25, -0.2) is 4.79 Å². The number of rotatable bonds is 6. The Hall–Kier alpha value is -3.15. The molecule has 2 aromatic carbocycles. The number of carboxylic acids is 1. The number of aromatic carboxylic acids is 1. The van der Waals surface area contributed by atoms with Gasteiger partial charge < -0.3 is 15.7 Å². The van der Waals surface area contributed by atoms with Crippen molar-refractivity contribution in [2.45, 2.75) is 20.3 Å². The van der Waals surface area contributed by atoms with Crippen LogP contribution in [0.5, 0.6) is 0 Å². The van der Waals surface area contributed by atoms with Crippen LogP contribution in [0.1, 0.15) is 41.0 Å². The van der Waals surface area contributed by atoms with Crippen LogP contribution in [0.25, 0.3) is 0 Å². The first-order valence-electron chi connectivity index (χ1n) is 7.91. The summed E-state index contributed by atoms with van der Waals surface area (Å²) in [6.45, 7) is 3.86. The summed E-state index contributed by atoms with van der Waals surface area (Å²) in [5.41, 5.74) is 0.846. The number of nitrogens with one attached hydrogen (secondary N) is 2. The van der Waals surface area contributed by atoms with E-state index in [2.05, 4.69) is 10.6 Å². The minimum absolute atomic E-state index is 0.00262. The summed E-state index contributed by atoms with van der Waals surface area (Å²) >= 11 is 0. The molecule has 0 saturated heterocycles. The molecule has 0 radical (unpaired) electrons. The van der Waals surface area contributed by atoms with Crippen LogP contribution in [0, 0.1) is 5.92 Å². The van der Waals surface area contributed by atoms with E-state index in [1.807, 2.05) is 13.8 Å². The van der Waals surface area contributed by atoms with E-state index in [-0.39, 0.29) is 28.6 Å². The maximum Gasteiger partial charge on any atom is 0.337 e. The van der Waals surface area contributed by atoms with Crippen molar-refractivity contribution in [2.24, 2.45) is 5.92 Å². The van der Waals surface area contributed by atoms with Crippen molar-refractivity contribution in [2.75, 3.05) is 10.6 Å². The van der Waals surface area contributed by atoms with Gasteiger partial charge in [0.25, 0.3) is 5.91 Å². The van der Waals surface area contributed by atoms with Gasteiger partial charge in [-0.2, -0.15) is 0 Å². The molecule has 25 heavy (non-hydrogen) atoms. The highest BCUT2D eigenvalue weighted by Gasteiger charge is 2.16. The lowest BCUT2D eigenvalue weighted by Crippen LogP contribution is -2.19. The van der Waals surface area contributed by atoms with E-state index in [0.717, 1.165) is 0 Å². The highest BCUT2D eigenvalue weighted by Crippen LogP contribution is 2.20. The number of carbonyl (C=O) groups is 3. The van der Waals surface area contributed by atoms with Crippen molar-refractivity contribution in [1.82, 2.24) is 0 Å². The molecule has 2 aromatic rings. The molecule has 0 aliphatic rings. The Morgan fingerprint density at radius 2 is 1.40 bits per heavy atom. The lowest BCUT2D eigenvalue weighted by molar-refractivity contribution is -0.116. The van der Waals surface area contributed by atoms with Gasteiger partial charge in [0, 0.05) is 6.42 Å². The molecule has 0 unspecified atom stereocenters. The molecule has 0 fully saturated rings. The molecule has 0 heterocycles. The molecule has 0 aliphatic carbocycles. The highest BCUT2D eigenvalue weighted by molar-refractivity contribution is 6.12. The maximum atomic E-state index is 12.6. The third kappa shape index (κ3) is 4.91. The summed E-state index contributed by atoms with van der Waals surface area (Å²) in [6.07, 6.45) is 0.345. The van der Waals surface area contributed by atoms with E-state index >= 15 is 0 Å². The molecule has 0 aliphatic heterocycles. The summed E-state index contributed by atoms with van der Waals surface area (Å²) in [5.74, 6) is -1.60. The topological polar surface area (TPSA) is 95.5 Å². The second-order valence-corrected chi connectivity index (χ2v) is 6.00. The van der Waals surface area contributed by atoms with Crippen LogP contribution in [0.3, 0.4) is 0 Å². The molecule has 0 saturated carbocycles. The van der Waals surface area contributed by atoms with Crippen molar-refractivity contribution in [3.63, 3.8) is 0 Å². The fourth-order valence-corrected chi connectivity index (χ4v) is 2.33. The van der Waals surface area contributed by atoms with Gasteiger partial charge >= 0.3 is 5.97 Å². The molecule has 0 atom stereocenters. The van der Waals surface area contributed by atoms with Crippen LogP contribution < -0.4 is 10.6 Å². The number of carboxylic acid groups (broad SMARTS) is 1. The van der Waals surface area contributed by atoms with Gasteiger partial charge in [-0.1, -0.05) is 38.1 Å².